The predicted octanol–water partition coefficient (Wildman–Crippen LogP) is 6.07. The third-order valence-corrected chi connectivity index (χ3v) is 3.92. The number of halogens is 3. The van der Waals surface area contributed by atoms with Crippen molar-refractivity contribution >= 4 is 0 Å². The minimum absolute atomic E-state index is 0.241. The van der Waals surface area contributed by atoms with Crippen LogP contribution in [0.3, 0.4) is 0 Å². The van der Waals surface area contributed by atoms with Crippen molar-refractivity contribution < 1.29 is 27.4 Å². The van der Waals surface area contributed by atoms with Gasteiger partial charge in [0, 0.05) is 25.7 Å². The van der Waals surface area contributed by atoms with Crippen LogP contribution in [-0.4, -0.2) is 32.0 Å². The van der Waals surface area contributed by atoms with Crippen molar-refractivity contribution in [1.29, 1.82) is 0 Å². The van der Waals surface area contributed by atoms with E-state index in [2.05, 4.69) is 6.92 Å². The van der Waals surface area contributed by atoms with Gasteiger partial charge in [0.25, 0.3) is 5.97 Å². The lowest BCUT2D eigenvalue weighted by Crippen LogP contribution is -2.48. The molecule has 1 atom stereocenters. The van der Waals surface area contributed by atoms with Crippen molar-refractivity contribution in [3.05, 3.63) is 0 Å². The number of ether oxygens (including phenoxy) is 3. The minimum atomic E-state index is -4.27. The molecule has 0 aliphatic rings. The lowest BCUT2D eigenvalue weighted by Gasteiger charge is -2.39. The van der Waals surface area contributed by atoms with Gasteiger partial charge in [-0.25, -0.2) is 0 Å². The zero-order valence-corrected chi connectivity index (χ0v) is 15.7. The molecule has 24 heavy (non-hydrogen) atoms. The first kappa shape index (κ1) is 23.7. The molecule has 0 N–H and O–H groups in total. The average Bonchev–Trinajstić information content (AvgIpc) is 2.49. The van der Waals surface area contributed by atoms with E-state index in [4.69, 9.17) is 14.2 Å². The molecule has 0 spiro atoms. The van der Waals surface area contributed by atoms with Gasteiger partial charge in [-0.05, 0) is 27.2 Å². The van der Waals surface area contributed by atoms with Crippen LogP contribution in [0.2, 0.25) is 0 Å². The Labute approximate surface area is 145 Å². The SMILES string of the molecule is CCCCCCCCC(CC(F)(F)F)C(OCC)(OCC)OCC. The van der Waals surface area contributed by atoms with Gasteiger partial charge in [0.15, 0.2) is 0 Å². The topological polar surface area (TPSA) is 27.7 Å². The molecule has 0 aromatic rings. The first-order valence-corrected chi connectivity index (χ1v) is 9.33. The quantitative estimate of drug-likeness (QED) is 0.263. The van der Waals surface area contributed by atoms with E-state index in [1.807, 2.05) is 0 Å². The predicted molar refractivity (Wildman–Crippen MR) is 89.8 cm³/mol. The summed E-state index contributed by atoms with van der Waals surface area (Å²) in [6.07, 6.45) is 1.31. The summed E-state index contributed by atoms with van der Waals surface area (Å²) in [5.74, 6) is -2.46. The summed E-state index contributed by atoms with van der Waals surface area (Å²) in [6, 6.07) is 0. The third-order valence-electron chi connectivity index (χ3n) is 3.92. The van der Waals surface area contributed by atoms with Crippen molar-refractivity contribution in [2.45, 2.75) is 91.2 Å². The molecular formula is C18H35F3O3. The Morgan fingerprint density at radius 2 is 1.17 bits per heavy atom. The smallest absolute Gasteiger partial charge is 0.328 e. The van der Waals surface area contributed by atoms with Gasteiger partial charge < -0.3 is 14.2 Å². The van der Waals surface area contributed by atoms with Gasteiger partial charge >= 0.3 is 6.18 Å². The second-order valence-corrected chi connectivity index (χ2v) is 5.98. The molecule has 0 aromatic carbocycles. The second kappa shape index (κ2) is 13.0. The molecule has 0 heterocycles. The van der Waals surface area contributed by atoms with Crippen LogP contribution in [0.5, 0.6) is 0 Å². The molecule has 146 valence electrons. The molecule has 0 aromatic heterocycles. The number of alkyl halides is 3. The molecule has 0 fully saturated rings. The van der Waals surface area contributed by atoms with Crippen molar-refractivity contribution in [3.8, 4) is 0 Å². The van der Waals surface area contributed by atoms with E-state index in [-0.39, 0.29) is 19.8 Å². The average molecular weight is 356 g/mol. The molecule has 3 nitrogen and oxygen atoms in total. The van der Waals surface area contributed by atoms with Crippen LogP contribution in [0.15, 0.2) is 0 Å². The number of hydrogen-bond acceptors (Lipinski definition) is 3. The Morgan fingerprint density at radius 3 is 1.58 bits per heavy atom. The van der Waals surface area contributed by atoms with Gasteiger partial charge in [-0.15, -0.1) is 0 Å². The molecule has 0 bridgehead atoms. The fourth-order valence-electron chi connectivity index (χ4n) is 2.94. The van der Waals surface area contributed by atoms with Crippen molar-refractivity contribution in [1.82, 2.24) is 0 Å². The maximum atomic E-state index is 13.1. The van der Waals surface area contributed by atoms with E-state index >= 15 is 0 Å². The highest BCUT2D eigenvalue weighted by Crippen LogP contribution is 2.38. The first-order chi connectivity index (χ1) is 11.3. The largest absolute Gasteiger partial charge is 0.389 e. The van der Waals surface area contributed by atoms with E-state index < -0.39 is 24.5 Å². The van der Waals surface area contributed by atoms with E-state index in [9.17, 15) is 13.2 Å². The van der Waals surface area contributed by atoms with Gasteiger partial charge in [-0.1, -0.05) is 45.4 Å². The summed E-state index contributed by atoms with van der Waals surface area (Å²) in [6.45, 7) is 8.08. The van der Waals surface area contributed by atoms with E-state index in [1.54, 1.807) is 20.8 Å². The minimum Gasteiger partial charge on any atom is -0.328 e. The maximum Gasteiger partial charge on any atom is 0.389 e. The highest BCUT2D eigenvalue weighted by molar-refractivity contribution is 4.75. The number of unbranched alkanes of at least 4 members (excludes halogenated alkanes) is 5. The summed E-state index contributed by atoms with van der Waals surface area (Å²) in [7, 11) is 0. The fraction of sp³-hybridized carbons (Fsp3) is 1.00. The molecule has 0 aliphatic carbocycles. The Balaban J connectivity index is 4.94. The zero-order valence-electron chi connectivity index (χ0n) is 15.7. The van der Waals surface area contributed by atoms with E-state index in [1.165, 1.54) is 6.42 Å². The van der Waals surface area contributed by atoms with Crippen LogP contribution in [0, 0.1) is 5.92 Å². The monoisotopic (exact) mass is 356 g/mol. The second-order valence-electron chi connectivity index (χ2n) is 5.98. The van der Waals surface area contributed by atoms with Gasteiger partial charge in [0.1, 0.15) is 0 Å². The van der Waals surface area contributed by atoms with Gasteiger partial charge in [0.2, 0.25) is 0 Å². The highest BCUT2D eigenvalue weighted by Gasteiger charge is 2.47. The van der Waals surface area contributed by atoms with Crippen molar-refractivity contribution in [3.63, 3.8) is 0 Å². The van der Waals surface area contributed by atoms with Crippen molar-refractivity contribution in [2.24, 2.45) is 5.92 Å². The van der Waals surface area contributed by atoms with Crippen molar-refractivity contribution in [2.75, 3.05) is 19.8 Å². The zero-order chi connectivity index (χ0) is 18.5. The Morgan fingerprint density at radius 1 is 0.708 bits per heavy atom. The first-order valence-electron chi connectivity index (χ1n) is 9.33. The molecule has 0 saturated heterocycles. The highest BCUT2D eigenvalue weighted by atomic mass is 19.4. The van der Waals surface area contributed by atoms with E-state index in [0.717, 1.165) is 32.1 Å². The van der Waals surface area contributed by atoms with Crippen LogP contribution < -0.4 is 0 Å². The fourth-order valence-corrected chi connectivity index (χ4v) is 2.94. The summed E-state index contributed by atoms with van der Waals surface area (Å²) in [5, 5.41) is 0. The molecule has 0 rings (SSSR count). The Bertz CT molecular complexity index is 279. The van der Waals surface area contributed by atoms with Crippen LogP contribution in [0.1, 0.15) is 79.1 Å². The molecule has 0 aliphatic heterocycles. The van der Waals surface area contributed by atoms with Crippen LogP contribution in [0.4, 0.5) is 13.2 Å². The molecule has 6 heteroatoms. The number of hydrogen-bond donors (Lipinski definition) is 0. The number of rotatable bonds is 15. The van der Waals surface area contributed by atoms with Crippen LogP contribution in [-0.2, 0) is 14.2 Å². The summed E-state index contributed by atoms with van der Waals surface area (Å²) >= 11 is 0. The van der Waals surface area contributed by atoms with Gasteiger partial charge in [-0.2, -0.15) is 13.2 Å². The lowest BCUT2D eigenvalue weighted by atomic mass is 9.94. The molecular weight excluding hydrogens is 321 g/mol. The summed E-state index contributed by atoms with van der Waals surface area (Å²) in [4.78, 5) is 0. The summed E-state index contributed by atoms with van der Waals surface area (Å²) in [5.41, 5.74) is 0. The Kier molecular flexibility index (Phi) is 12.8. The van der Waals surface area contributed by atoms with Crippen LogP contribution in [0.25, 0.3) is 0 Å². The Hall–Kier alpha value is -0.330. The molecule has 1 unspecified atom stereocenters. The molecule has 0 amide bonds. The maximum absolute atomic E-state index is 13.1. The van der Waals surface area contributed by atoms with Gasteiger partial charge in [0.05, 0.1) is 6.42 Å². The lowest BCUT2D eigenvalue weighted by molar-refractivity contribution is -0.409. The summed E-state index contributed by atoms with van der Waals surface area (Å²) < 4.78 is 55.9. The van der Waals surface area contributed by atoms with Gasteiger partial charge in [-0.3, -0.25) is 0 Å². The third kappa shape index (κ3) is 9.84. The van der Waals surface area contributed by atoms with Crippen LogP contribution >= 0.6 is 0 Å². The molecule has 0 radical (unpaired) electrons. The standard InChI is InChI=1S/C18H35F3O3/c1-5-9-10-11-12-13-14-16(15-17(19,20)21)18(22-6-2,23-7-3)24-8-4/h16H,5-15H2,1-4H3. The normalized spacial score (nSPS) is 14.1. The van der Waals surface area contributed by atoms with E-state index in [0.29, 0.717) is 6.42 Å². The molecule has 0 saturated carbocycles.